The third-order valence-electron chi connectivity index (χ3n) is 3.40. The number of aromatic nitrogens is 1. The van der Waals surface area contributed by atoms with E-state index in [4.69, 9.17) is 14.1 Å². The molecular weight excluding hydrogens is 308 g/mol. The summed E-state index contributed by atoms with van der Waals surface area (Å²) in [5.74, 6) is 0.580. The Hall–Kier alpha value is -3.40. The van der Waals surface area contributed by atoms with E-state index in [1.165, 1.54) is 12.5 Å². The van der Waals surface area contributed by atoms with Gasteiger partial charge in [-0.05, 0) is 19.1 Å². The molecule has 7 nitrogen and oxygen atoms in total. The van der Waals surface area contributed by atoms with Crippen LogP contribution in [0.2, 0.25) is 0 Å². The lowest BCUT2D eigenvalue weighted by molar-refractivity contribution is 0.513. The number of hydrazone groups is 1. The predicted octanol–water partition coefficient (Wildman–Crippen LogP) is 2.97. The molecule has 0 saturated heterocycles. The maximum atomic E-state index is 12.4. The quantitative estimate of drug-likeness (QED) is 0.585. The van der Waals surface area contributed by atoms with Crippen LogP contribution >= 0.6 is 0 Å². The molecule has 0 amide bonds. The maximum Gasteiger partial charge on any atom is 0.252 e. The number of benzene rings is 1. The average molecular weight is 322 g/mol. The average Bonchev–Trinajstić information content (AvgIpc) is 3.00. The normalized spacial score (nSPS) is 11.0. The number of hydrogen-bond donors (Lipinski definition) is 1. The van der Waals surface area contributed by atoms with Crippen LogP contribution in [0.4, 0.5) is 5.88 Å². The van der Waals surface area contributed by atoms with E-state index in [0.29, 0.717) is 23.3 Å². The lowest BCUT2D eigenvalue weighted by Gasteiger charge is -1.99. The molecule has 3 rings (SSSR count). The molecule has 2 aromatic heterocycles. The van der Waals surface area contributed by atoms with Gasteiger partial charge in [0.05, 0.1) is 17.2 Å². The van der Waals surface area contributed by atoms with Crippen LogP contribution in [0.3, 0.4) is 0 Å². The number of nitriles is 1. The molecule has 2 heterocycles. The van der Waals surface area contributed by atoms with E-state index < -0.39 is 0 Å². The second-order valence-electron chi connectivity index (χ2n) is 5.14. The van der Waals surface area contributed by atoms with E-state index in [1.807, 2.05) is 26.0 Å². The maximum absolute atomic E-state index is 12.4. The van der Waals surface area contributed by atoms with Gasteiger partial charge in [-0.25, -0.2) is 10.4 Å². The molecule has 0 bridgehead atoms. The van der Waals surface area contributed by atoms with Gasteiger partial charge in [-0.2, -0.15) is 10.4 Å². The first-order valence-corrected chi connectivity index (χ1v) is 7.33. The van der Waals surface area contributed by atoms with Crippen LogP contribution in [-0.4, -0.2) is 11.2 Å². The summed E-state index contributed by atoms with van der Waals surface area (Å²) in [6.07, 6.45) is 3.23. The molecule has 120 valence electrons. The fourth-order valence-electron chi connectivity index (χ4n) is 2.18. The number of hydrogen-bond acceptors (Lipinski definition) is 7. The van der Waals surface area contributed by atoms with E-state index in [0.717, 1.165) is 5.56 Å². The third kappa shape index (κ3) is 2.90. The van der Waals surface area contributed by atoms with E-state index in [2.05, 4.69) is 15.5 Å². The Labute approximate surface area is 137 Å². The molecule has 3 aromatic rings. The predicted molar refractivity (Wildman–Crippen MR) is 89.0 cm³/mol. The van der Waals surface area contributed by atoms with Crippen molar-refractivity contribution in [1.82, 2.24) is 4.98 Å². The number of rotatable bonds is 4. The Morgan fingerprint density at radius 2 is 2.29 bits per heavy atom. The summed E-state index contributed by atoms with van der Waals surface area (Å²) in [4.78, 5) is 16.4. The molecule has 0 unspecified atom stereocenters. The fraction of sp³-hybridized carbons (Fsp3) is 0.176. The van der Waals surface area contributed by atoms with Crippen LogP contribution in [0.15, 0.2) is 43.2 Å². The summed E-state index contributed by atoms with van der Waals surface area (Å²) in [5.41, 5.74) is 4.30. The van der Waals surface area contributed by atoms with Crippen molar-refractivity contribution in [3.8, 4) is 6.07 Å². The minimum Gasteiger partial charge on any atom is -0.463 e. The van der Waals surface area contributed by atoms with Crippen molar-refractivity contribution in [1.29, 1.82) is 5.26 Å². The highest BCUT2D eigenvalue weighted by molar-refractivity contribution is 5.86. The van der Waals surface area contributed by atoms with Crippen LogP contribution < -0.4 is 10.9 Å². The molecule has 0 spiro atoms. The lowest BCUT2D eigenvalue weighted by atomic mass is 10.1. The van der Waals surface area contributed by atoms with Crippen LogP contribution in [0.1, 0.15) is 29.6 Å². The van der Waals surface area contributed by atoms with E-state index in [1.54, 1.807) is 12.1 Å². The number of nitrogens with zero attached hydrogens (tertiary/aromatic N) is 3. The van der Waals surface area contributed by atoms with E-state index in [9.17, 15) is 4.79 Å². The summed E-state index contributed by atoms with van der Waals surface area (Å²) < 4.78 is 10.8. The highest BCUT2D eigenvalue weighted by Crippen LogP contribution is 2.17. The number of aryl methyl sites for hydroxylation is 2. The molecule has 0 aliphatic heterocycles. The zero-order valence-corrected chi connectivity index (χ0v) is 13.2. The Kier molecular flexibility index (Phi) is 4.12. The standard InChI is InChI=1S/C17H14N4O3/c1-3-15-20-13(7-18)17(24-15)21-19-8-11-9-23-14-5-4-10(2)6-12(14)16(11)22/h4-6,8-9,21H,3H2,1-2H3/b19-8-. The molecule has 0 atom stereocenters. The first-order chi connectivity index (χ1) is 11.6. The SMILES string of the molecule is CCc1nc(C#N)c(N/N=C\c2coc3ccc(C)cc3c2=O)o1. The van der Waals surface area contributed by atoms with Crippen molar-refractivity contribution in [2.75, 3.05) is 5.43 Å². The van der Waals surface area contributed by atoms with Gasteiger partial charge in [-0.1, -0.05) is 18.6 Å². The zero-order valence-electron chi connectivity index (χ0n) is 13.2. The summed E-state index contributed by atoms with van der Waals surface area (Å²) in [6.45, 7) is 3.77. The smallest absolute Gasteiger partial charge is 0.252 e. The first-order valence-electron chi connectivity index (χ1n) is 7.33. The molecule has 7 heteroatoms. The highest BCUT2D eigenvalue weighted by Gasteiger charge is 2.11. The minimum absolute atomic E-state index is 0.116. The van der Waals surface area contributed by atoms with Gasteiger partial charge in [-0.15, -0.1) is 0 Å². The molecule has 24 heavy (non-hydrogen) atoms. The lowest BCUT2D eigenvalue weighted by Crippen LogP contribution is -2.08. The number of nitrogens with one attached hydrogen (secondary N) is 1. The van der Waals surface area contributed by atoms with Crippen molar-refractivity contribution < 1.29 is 8.83 Å². The van der Waals surface area contributed by atoms with Crippen molar-refractivity contribution in [3.63, 3.8) is 0 Å². The van der Waals surface area contributed by atoms with Crippen molar-refractivity contribution in [3.05, 3.63) is 57.4 Å². The summed E-state index contributed by atoms with van der Waals surface area (Å²) in [6, 6.07) is 7.32. The fourth-order valence-corrected chi connectivity index (χ4v) is 2.18. The minimum atomic E-state index is -0.183. The van der Waals surface area contributed by atoms with Crippen LogP contribution in [-0.2, 0) is 6.42 Å². The van der Waals surface area contributed by atoms with Gasteiger partial charge < -0.3 is 8.83 Å². The first kappa shape index (κ1) is 15.5. The molecule has 1 aromatic carbocycles. The van der Waals surface area contributed by atoms with Crippen molar-refractivity contribution >= 4 is 23.1 Å². The number of oxazole rings is 1. The summed E-state index contributed by atoms with van der Waals surface area (Å²) in [7, 11) is 0. The van der Waals surface area contributed by atoms with Crippen molar-refractivity contribution in [2.24, 2.45) is 5.10 Å². The Morgan fingerprint density at radius 1 is 1.46 bits per heavy atom. The van der Waals surface area contributed by atoms with Crippen LogP contribution in [0, 0.1) is 18.3 Å². The largest absolute Gasteiger partial charge is 0.463 e. The Bertz CT molecular complexity index is 1020. The van der Waals surface area contributed by atoms with E-state index in [-0.39, 0.29) is 22.6 Å². The van der Waals surface area contributed by atoms with Crippen LogP contribution in [0.25, 0.3) is 11.0 Å². The Morgan fingerprint density at radius 3 is 3.04 bits per heavy atom. The van der Waals surface area contributed by atoms with Gasteiger partial charge in [0.15, 0.2) is 5.89 Å². The van der Waals surface area contributed by atoms with E-state index >= 15 is 0 Å². The summed E-state index contributed by atoms with van der Waals surface area (Å²) in [5, 5.41) is 13.4. The third-order valence-corrected chi connectivity index (χ3v) is 3.40. The Balaban J connectivity index is 1.89. The van der Waals surface area contributed by atoms with Crippen molar-refractivity contribution in [2.45, 2.75) is 20.3 Å². The second-order valence-corrected chi connectivity index (χ2v) is 5.14. The monoisotopic (exact) mass is 322 g/mol. The highest BCUT2D eigenvalue weighted by atomic mass is 16.4. The molecule has 0 aliphatic carbocycles. The van der Waals surface area contributed by atoms with Gasteiger partial charge in [0.25, 0.3) is 5.88 Å². The van der Waals surface area contributed by atoms with Gasteiger partial charge >= 0.3 is 0 Å². The van der Waals surface area contributed by atoms with Gasteiger partial charge in [0.2, 0.25) is 11.1 Å². The second kappa shape index (κ2) is 6.38. The van der Waals surface area contributed by atoms with Gasteiger partial charge in [0.1, 0.15) is 17.9 Å². The van der Waals surface area contributed by atoms with Gasteiger partial charge in [0, 0.05) is 6.42 Å². The molecule has 1 N–H and O–H groups in total. The molecule has 0 aliphatic rings. The number of fused-ring (bicyclic) bond motifs is 1. The summed E-state index contributed by atoms with van der Waals surface area (Å²) >= 11 is 0. The zero-order chi connectivity index (χ0) is 17.1. The topological polar surface area (TPSA) is 104 Å². The molecule has 0 fully saturated rings. The molecular formula is C17H14N4O3. The molecule has 0 radical (unpaired) electrons. The van der Waals surface area contributed by atoms with Crippen LogP contribution in [0.5, 0.6) is 0 Å². The molecule has 0 saturated carbocycles. The van der Waals surface area contributed by atoms with Gasteiger partial charge in [-0.3, -0.25) is 4.79 Å². The number of anilines is 1.